The van der Waals surface area contributed by atoms with Gasteiger partial charge in [-0.2, -0.15) is 0 Å². The predicted octanol–water partition coefficient (Wildman–Crippen LogP) is -0.759. The van der Waals surface area contributed by atoms with E-state index in [1.165, 1.54) is 0 Å². The SMILES string of the molecule is [CH2]NC(=O)C(C)N. The third kappa shape index (κ3) is 2.17. The molecule has 0 heterocycles. The van der Waals surface area contributed by atoms with Crippen LogP contribution < -0.4 is 11.1 Å². The molecule has 41 valence electrons. The summed E-state index contributed by atoms with van der Waals surface area (Å²) in [7, 11) is 3.13. The van der Waals surface area contributed by atoms with Gasteiger partial charge in [-0.1, -0.05) is 0 Å². The van der Waals surface area contributed by atoms with Crippen LogP contribution in [0.4, 0.5) is 0 Å². The predicted molar refractivity (Wildman–Crippen MR) is 27.1 cm³/mol. The Kier molecular flexibility index (Phi) is 2.37. The van der Waals surface area contributed by atoms with Gasteiger partial charge < -0.3 is 11.1 Å². The van der Waals surface area contributed by atoms with Crippen molar-refractivity contribution in [1.29, 1.82) is 0 Å². The monoisotopic (exact) mass is 101 g/mol. The fourth-order valence-corrected chi connectivity index (χ4v) is 0.161. The molecule has 1 atom stereocenters. The van der Waals surface area contributed by atoms with Gasteiger partial charge in [-0.15, -0.1) is 0 Å². The maximum Gasteiger partial charge on any atom is 0.236 e. The molecular weight excluding hydrogens is 92.1 g/mol. The van der Waals surface area contributed by atoms with Crippen molar-refractivity contribution in [1.82, 2.24) is 5.32 Å². The first-order valence-corrected chi connectivity index (χ1v) is 2.01. The Hall–Kier alpha value is -0.570. The molecule has 0 saturated carbocycles. The molecule has 3 heteroatoms. The van der Waals surface area contributed by atoms with Gasteiger partial charge in [0.15, 0.2) is 0 Å². The van der Waals surface area contributed by atoms with Crippen LogP contribution in [0.5, 0.6) is 0 Å². The van der Waals surface area contributed by atoms with Crippen molar-refractivity contribution in [3.63, 3.8) is 0 Å². The molecule has 1 radical (unpaired) electrons. The fraction of sp³-hybridized carbons (Fsp3) is 0.500. The van der Waals surface area contributed by atoms with Gasteiger partial charge in [-0.25, -0.2) is 0 Å². The Labute approximate surface area is 42.9 Å². The molecule has 1 amide bonds. The first-order valence-electron chi connectivity index (χ1n) is 2.01. The zero-order chi connectivity index (χ0) is 5.86. The molecule has 0 aromatic heterocycles. The molecule has 0 spiro atoms. The number of carbonyl (C=O) groups excluding carboxylic acids is 1. The van der Waals surface area contributed by atoms with Crippen molar-refractivity contribution >= 4 is 5.91 Å². The average molecular weight is 101 g/mol. The average Bonchev–Trinajstić information content (AvgIpc) is 1.65. The highest BCUT2D eigenvalue weighted by Gasteiger charge is 2.00. The zero-order valence-corrected chi connectivity index (χ0v) is 4.27. The Balaban J connectivity index is 3.35. The molecule has 1 unspecified atom stereocenters. The van der Waals surface area contributed by atoms with Crippen molar-refractivity contribution in [3.05, 3.63) is 7.05 Å². The molecule has 0 aliphatic rings. The number of hydrogen-bond acceptors (Lipinski definition) is 2. The fourth-order valence-electron chi connectivity index (χ4n) is 0.161. The lowest BCUT2D eigenvalue weighted by Crippen LogP contribution is -2.34. The van der Waals surface area contributed by atoms with E-state index in [0.717, 1.165) is 0 Å². The van der Waals surface area contributed by atoms with Gasteiger partial charge in [-0.3, -0.25) is 4.79 Å². The van der Waals surface area contributed by atoms with Crippen molar-refractivity contribution in [3.8, 4) is 0 Å². The maximum absolute atomic E-state index is 10.2. The van der Waals surface area contributed by atoms with Gasteiger partial charge in [0, 0.05) is 7.05 Å². The van der Waals surface area contributed by atoms with Crippen LogP contribution in [0.25, 0.3) is 0 Å². The van der Waals surface area contributed by atoms with Crippen LogP contribution in [0.3, 0.4) is 0 Å². The highest BCUT2D eigenvalue weighted by atomic mass is 16.2. The molecule has 3 N–H and O–H groups in total. The van der Waals surface area contributed by atoms with E-state index in [9.17, 15) is 4.79 Å². The molecule has 7 heavy (non-hydrogen) atoms. The molecule has 0 bridgehead atoms. The summed E-state index contributed by atoms with van der Waals surface area (Å²) in [5.41, 5.74) is 5.09. The highest BCUT2D eigenvalue weighted by molar-refractivity contribution is 5.80. The minimum atomic E-state index is -0.447. The summed E-state index contributed by atoms with van der Waals surface area (Å²) in [4.78, 5) is 10.2. The Morgan fingerprint density at radius 1 is 2.00 bits per heavy atom. The second kappa shape index (κ2) is 2.58. The zero-order valence-electron chi connectivity index (χ0n) is 4.27. The van der Waals surface area contributed by atoms with Gasteiger partial charge in [0.25, 0.3) is 0 Å². The van der Waals surface area contributed by atoms with Gasteiger partial charge in [-0.05, 0) is 6.92 Å². The largest absolute Gasteiger partial charge is 0.353 e. The van der Waals surface area contributed by atoms with Crippen molar-refractivity contribution < 1.29 is 4.79 Å². The molecule has 0 aliphatic carbocycles. The Morgan fingerprint density at radius 3 is 2.43 bits per heavy atom. The van der Waals surface area contributed by atoms with E-state index in [2.05, 4.69) is 12.4 Å². The number of hydrogen-bond donors (Lipinski definition) is 2. The second-order valence-electron chi connectivity index (χ2n) is 1.33. The molecule has 0 aromatic carbocycles. The quantitative estimate of drug-likeness (QED) is 0.456. The summed E-state index contributed by atoms with van der Waals surface area (Å²) in [5.74, 6) is -0.236. The molecular formula is C4H9N2O. The first-order chi connectivity index (χ1) is 3.18. The van der Waals surface area contributed by atoms with Gasteiger partial charge >= 0.3 is 0 Å². The minimum Gasteiger partial charge on any atom is -0.353 e. The second-order valence-corrected chi connectivity index (χ2v) is 1.33. The molecule has 0 rings (SSSR count). The van der Waals surface area contributed by atoms with E-state index in [0.29, 0.717) is 0 Å². The summed E-state index contributed by atoms with van der Waals surface area (Å²) in [6.45, 7) is 1.60. The Morgan fingerprint density at radius 2 is 2.43 bits per heavy atom. The molecule has 0 saturated heterocycles. The van der Waals surface area contributed by atoms with E-state index in [1.54, 1.807) is 6.92 Å². The van der Waals surface area contributed by atoms with E-state index in [4.69, 9.17) is 5.73 Å². The lowest BCUT2D eigenvalue weighted by atomic mass is 10.3. The standard InChI is InChI=1S/C4H9N2O/c1-3(5)4(7)6-2/h3H,2,5H2,1H3,(H,6,7). The van der Waals surface area contributed by atoms with Crippen molar-refractivity contribution in [2.24, 2.45) is 5.73 Å². The van der Waals surface area contributed by atoms with Crippen molar-refractivity contribution in [2.45, 2.75) is 13.0 Å². The summed E-state index contributed by atoms with van der Waals surface area (Å²) >= 11 is 0. The number of rotatable bonds is 1. The van der Waals surface area contributed by atoms with E-state index >= 15 is 0 Å². The van der Waals surface area contributed by atoms with E-state index in [1.807, 2.05) is 0 Å². The first kappa shape index (κ1) is 6.43. The highest BCUT2D eigenvalue weighted by Crippen LogP contribution is 1.69. The number of nitrogens with one attached hydrogen (secondary N) is 1. The normalized spacial score (nSPS) is 13.0. The smallest absolute Gasteiger partial charge is 0.236 e. The maximum atomic E-state index is 10.2. The van der Waals surface area contributed by atoms with Crippen LogP contribution in [0.2, 0.25) is 0 Å². The third-order valence-electron chi connectivity index (χ3n) is 0.588. The molecule has 3 nitrogen and oxygen atoms in total. The van der Waals surface area contributed by atoms with Gasteiger partial charge in [0.05, 0.1) is 6.04 Å². The third-order valence-corrected chi connectivity index (χ3v) is 0.588. The summed E-state index contributed by atoms with van der Waals surface area (Å²) in [6.07, 6.45) is 0. The number of carbonyl (C=O) groups is 1. The van der Waals surface area contributed by atoms with Crippen LogP contribution in [0.1, 0.15) is 6.92 Å². The molecule has 0 aromatic rings. The van der Waals surface area contributed by atoms with Crippen molar-refractivity contribution in [2.75, 3.05) is 0 Å². The van der Waals surface area contributed by atoms with E-state index < -0.39 is 6.04 Å². The lowest BCUT2D eigenvalue weighted by molar-refractivity contribution is -0.121. The minimum absolute atomic E-state index is 0.236. The topological polar surface area (TPSA) is 55.1 Å². The van der Waals surface area contributed by atoms with Crippen LogP contribution in [0, 0.1) is 7.05 Å². The van der Waals surface area contributed by atoms with E-state index in [-0.39, 0.29) is 5.91 Å². The van der Waals surface area contributed by atoms with Crippen LogP contribution in [0.15, 0.2) is 0 Å². The van der Waals surface area contributed by atoms with Crippen LogP contribution >= 0.6 is 0 Å². The number of amides is 1. The summed E-state index contributed by atoms with van der Waals surface area (Å²) < 4.78 is 0. The Bertz CT molecular complexity index is 70.1. The molecule has 0 aliphatic heterocycles. The van der Waals surface area contributed by atoms with Gasteiger partial charge in [0.2, 0.25) is 5.91 Å². The summed E-state index contributed by atoms with van der Waals surface area (Å²) in [6, 6.07) is -0.447. The van der Waals surface area contributed by atoms with Crippen LogP contribution in [-0.4, -0.2) is 11.9 Å². The van der Waals surface area contributed by atoms with Gasteiger partial charge in [0.1, 0.15) is 0 Å². The van der Waals surface area contributed by atoms with Crippen LogP contribution in [-0.2, 0) is 4.79 Å². The number of nitrogens with two attached hydrogens (primary N) is 1. The molecule has 0 fully saturated rings. The lowest BCUT2D eigenvalue weighted by Gasteiger charge is -1.98. The summed E-state index contributed by atoms with van der Waals surface area (Å²) in [5, 5.41) is 2.15.